The van der Waals surface area contributed by atoms with Gasteiger partial charge in [0.2, 0.25) is 0 Å². The number of allylic oxidation sites excluding steroid dienone is 1. The molecular weight excluding hydrogens is 160 g/mol. The van der Waals surface area contributed by atoms with Crippen LogP contribution in [-0.2, 0) is 4.79 Å². The number of hydrogen-bond acceptors (Lipinski definition) is 1. The molecule has 0 aromatic heterocycles. The van der Waals surface area contributed by atoms with Gasteiger partial charge < -0.3 is 0 Å². The van der Waals surface area contributed by atoms with E-state index in [0.717, 1.165) is 12.0 Å². The van der Waals surface area contributed by atoms with Crippen LogP contribution in [0.1, 0.15) is 24.3 Å². The number of carbonyl (C=O) groups excluding carboxylic acids is 1. The van der Waals surface area contributed by atoms with Crippen LogP contribution in [0.25, 0.3) is 0 Å². The number of ketones is 1. The molecule has 66 valence electrons. The van der Waals surface area contributed by atoms with Gasteiger partial charge in [-0.2, -0.15) is 0 Å². The highest BCUT2D eigenvalue weighted by molar-refractivity contribution is 5.97. The third-order valence-corrected chi connectivity index (χ3v) is 2.59. The van der Waals surface area contributed by atoms with Gasteiger partial charge >= 0.3 is 0 Å². The van der Waals surface area contributed by atoms with Crippen molar-refractivity contribution >= 4 is 5.78 Å². The lowest BCUT2D eigenvalue weighted by Gasteiger charge is -2.06. The standard InChI is InChI=1S/C12H12O/c1-9-7-11(8-12(9)13)10-5-3-2-4-6-10/h2-6,11H,1,7-8H2. The fourth-order valence-corrected chi connectivity index (χ4v) is 1.81. The summed E-state index contributed by atoms with van der Waals surface area (Å²) < 4.78 is 0. The normalized spacial score (nSPS) is 22.3. The first-order valence-corrected chi connectivity index (χ1v) is 4.53. The topological polar surface area (TPSA) is 17.1 Å². The molecule has 1 saturated carbocycles. The van der Waals surface area contributed by atoms with Crippen LogP contribution in [0.4, 0.5) is 0 Å². The number of Topliss-reactive ketones (excluding diaryl/α,β-unsaturated/α-hetero) is 1. The van der Waals surface area contributed by atoms with E-state index in [-0.39, 0.29) is 5.78 Å². The zero-order valence-electron chi connectivity index (χ0n) is 7.49. The summed E-state index contributed by atoms with van der Waals surface area (Å²) in [4.78, 5) is 11.3. The largest absolute Gasteiger partial charge is 0.295 e. The minimum atomic E-state index is 0.230. The number of carbonyl (C=O) groups is 1. The van der Waals surface area contributed by atoms with Crippen LogP contribution in [0.15, 0.2) is 42.5 Å². The van der Waals surface area contributed by atoms with Gasteiger partial charge in [0.05, 0.1) is 0 Å². The zero-order chi connectivity index (χ0) is 9.26. The molecule has 1 aromatic rings. The molecule has 0 aliphatic heterocycles. The van der Waals surface area contributed by atoms with E-state index in [0.29, 0.717) is 12.3 Å². The van der Waals surface area contributed by atoms with Crippen LogP contribution < -0.4 is 0 Å². The minimum Gasteiger partial charge on any atom is -0.295 e. The van der Waals surface area contributed by atoms with Crippen molar-refractivity contribution in [2.75, 3.05) is 0 Å². The summed E-state index contributed by atoms with van der Waals surface area (Å²) in [6.45, 7) is 3.76. The quantitative estimate of drug-likeness (QED) is 0.595. The molecule has 2 rings (SSSR count). The monoisotopic (exact) mass is 172 g/mol. The Hall–Kier alpha value is -1.37. The number of rotatable bonds is 1. The maximum Gasteiger partial charge on any atom is 0.158 e. The minimum absolute atomic E-state index is 0.230. The van der Waals surface area contributed by atoms with Crippen molar-refractivity contribution in [3.63, 3.8) is 0 Å². The highest BCUT2D eigenvalue weighted by Gasteiger charge is 2.26. The molecule has 0 heterocycles. The average Bonchev–Trinajstić information content (AvgIpc) is 2.49. The summed E-state index contributed by atoms with van der Waals surface area (Å²) in [7, 11) is 0. The van der Waals surface area contributed by atoms with Crippen LogP contribution in [0.3, 0.4) is 0 Å². The predicted molar refractivity (Wildman–Crippen MR) is 52.6 cm³/mol. The zero-order valence-corrected chi connectivity index (χ0v) is 7.49. The molecule has 1 aromatic carbocycles. The van der Waals surface area contributed by atoms with Crippen molar-refractivity contribution in [2.24, 2.45) is 0 Å². The fraction of sp³-hybridized carbons (Fsp3) is 0.250. The second-order valence-corrected chi connectivity index (χ2v) is 3.54. The van der Waals surface area contributed by atoms with Gasteiger partial charge in [-0.3, -0.25) is 4.79 Å². The van der Waals surface area contributed by atoms with Gasteiger partial charge in [-0.1, -0.05) is 36.9 Å². The van der Waals surface area contributed by atoms with Gasteiger partial charge in [-0.25, -0.2) is 0 Å². The molecule has 1 unspecified atom stereocenters. The summed E-state index contributed by atoms with van der Waals surface area (Å²) in [5.74, 6) is 0.607. The van der Waals surface area contributed by atoms with E-state index in [4.69, 9.17) is 0 Å². The Morgan fingerprint density at radius 2 is 1.85 bits per heavy atom. The highest BCUT2D eigenvalue weighted by atomic mass is 16.1. The lowest BCUT2D eigenvalue weighted by molar-refractivity contribution is -0.114. The van der Waals surface area contributed by atoms with Gasteiger partial charge in [0.15, 0.2) is 5.78 Å². The van der Waals surface area contributed by atoms with Crippen LogP contribution in [-0.4, -0.2) is 5.78 Å². The second kappa shape index (κ2) is 3.17. The lowest BCUT2D eigenvalue weighted by Crippen LogP contribution is -1.93. The Balaban J connectivity index is 2.21. The molecule has 1 fully saturated rings. The summed E-state index contributed by atoms with van der Waals surface area (Å²) in [5.41, 5.74) is 2.04. The van der Waals surface area contributed by atoms with E-state index in [1.807, 2.05) is 18.2 Å². The molecule has 0 saturated heterocycles. The van der Waals surface area contributed by atoms with Gasteiger partial charge in [-0.05, 0) is 23.5 Å². The van der Waals surface area contributed by atoms with Crippen LogP contribution >= 0.6 is 0 Å². The third kappa shape index (κ3) is 1.55. The first-order chi connectivity index (χ1) is 6.27. The summed E-state index contributed by atoms with van der Waals surface area (Å²) in [6, 6.07) is 10.2. The van der Waals surface area contributed by atoms with E-state index in [1.54, 1.807) is 0 Å². The summed E-state index contributed by atoms with van der Waals surface area (Å²) in [6.07, 6.45) is 1.48. The SMILES string of the molecule is C=C1CC(c2ccccc2)CC1=O. The Labute approximate surface area is 78.1 Å². The Morgan fingerprint density at radius 3 is 2.38 bits per heavy atom. The number of hydrogen-bond donors (Lipinski definition) is 0. The van der Waals surface area contributed by atoms with Crippen molar-refractivity contribution in [1.29, 1.82) is 0 Å². The van der Waals surface area contributed by atoms with E-state index in [1.165, 1.54) is 5.56 Å². The van der Waals surface area contributed by atoms with E-state index < -0.39 is 0 Å². The van der Waals surface area contributed by atoms with Crippen LogP contribution in [0, 0.1) is 0 Å². The van der Waals surface area contributed by atoms with E-state index in [9.17, 15) is 4.79 Å². The number of benzene rings is 1. The molecule has 1 heteroatoms. The maximum absolute atomic E-state index is 11.3. The first-order valence-electron chi connectivity index (χ1n) is 4.53. The molecular formula is C12H12O. The predicted octanol–water partition coefficient (Wildman–Crippen LogP) is 2.69. The molecule has 1 atom stereocenters. The Morgan fingerprint density at radius 1 is 1.15 bits per heavy atom. The average molecular weight is 172 g/mol. The van der Waals surface area contributed by atoms with E-state index >= 15 is 0 Å². The second-order valence-electron chi connectivity index (χ2n) is 3.54. The van der Waals surface area contributed by atoms with Crippen molar-refractivity contribution in [3.05, 3.63) is 48.0 Å². The highest BCUT2D eigenvalue weighted by Crippen LogP contribution is 2.34. The summed E-state index contributed by atoms with van der Waals surface area (Å²) >= 11 is 0. The summed E-state index contributed by atoms with van der Waals surface area (Å²) in [5, 5.41) is 0. The Kier molecular flexibility index (Phi) is 2.01. The molecule has 13 heavy (non-hydrogen) atoms. The molecule has 1 aliphatic rings. The van der Waals surface area contributed by atoms with Crippen molar-refractivity contribution < 1.29 is 4.79 Å². The molecule has 0 N–H and O–H groups in total. The van der Waals surface area contributed by atoms with Crippen LogP contribution in [0.2, 0.25) is 0 Å². The smallest absolute Gasteiger partial charge is 0.158 e. The molecule has 1 nitrogen and oxygen atoms in total. The van der Waals surface area contributed by atoms with Crippen molar-refractivity contribution in [1.82, 2.24) is 0 Å². The van der Waals surface area contributed by atoms with Crippen molar-refractivity contribution in [2.45, 2.75) is 18.8 Å². The first kappa shape index (κ1) is 8.24. The Bertz CT molecular complexity index is 321. The van der Waals surface area contributed by atoms with Crippen LogP contribution in [0.5, 0.6) is 0 Å². The van der Waals surface area contributed by atoms with Gasteiger partial charge in [-0.15, -0.1) is 0 Å². The molecule has 0 spiro atoms. The molecule has 0 radical (unpaired) electrons. The lowest BCUT2D eigenvalue weighted by atomic mass is 9.98. The van der Waals surface area contributed by atoms with Gasteiger partial charge in [0.25, 0.3) is 0 Å². The van der Waals surface area contributed by atoms with E-state index in [2.05, 4.69) is 18.7 Å². The van der Waals surface area contributed by atoms with Gasteiger partial charge in [0.1, 0.15) is 0 Å². The van der Waals surface area contributed by atoms with Gasteiger partial charge in [0, 0.05) is 6.42 Å². The fourth-order valence-electron chi connectivity index (χ4n) is 1.81. The third-order valence-electron chi connectivity index (χ3n) is 2.59. The van der Waals surface area contributed by atoms with Crippen molar-refractivity contribution in [3.8, 4) is 0 Å². The molecule has 0 bridgehead atoms. The molecule has 1 aliphatic carbocycles. The molecule has 0 amide bonds. The maximum atomic E-state index is 11.3.